The summed E-state index contributed by atoms with van der Waals surface area (Å²) in [5.74, 6) is 1.05. The number of nitrogens with one attached hydrogen (secondary N) is 1. The summed E-state index contributed by atoms with van der Waals surface area (Å²) >= 11 is 0. The van der Waals surface area contributed by atoms with Gasteiger partial charge in [0.15, 0.2) is 0 Å². The van der Waals surface area contributed by atoms with Gasteiger partial charge in [-0.1, -0.05) is 0 Å². The molecule has 1 heterocycles. The van der Waals surface area contributed by atoms with Crippen molar-refractivity contribution in [1.82, 2.24) is 15.2 Å². The highest BCUT2D eigenvalue weighted by Crippen LogP contribution is 2.13. The Labute approximate surface area is 105 Å². The maximum absolute atomic E-state index is 4.57. The van der Waals surface area contributed by atoms with Crippen LogP contribution in [0.15, 0.2) is 12.1 Å². The summed E-state index contributed by atoms with van der Waals surface area (Å²) in [5.41, 5.74) is 2.36. The van der Waals surface area contributed by atoms with E-state index >= 15 is 0 Å². The van der Waals surface area contributed by atoms with Gasteiger partial charge in [-0.15, -0.1) is 0 Å². The van der Waals surface area contributed by atoms with E-state index in [4.69, 9.17) is 0 Å². The summed E-state index contributed by atoms with van der Waals surface area (Å²) in [5, 5.41) is 3.17. The van der Waals surface area contributed by atoms with Crippen LogP contribution in [-0.4, -0.2) is 51.2 Å². The largest absolute Gasteiger partial charge is 0.358 e. The quantitative estimate of drug-likeness (QED) is 0.801. The van der Waals surface area contributed by atoms with E-state index in [9.17, 15) is 0 Å². The topological polar surface area (TPSA) is 31.4 Å². The first kappa shape index (κ1) is 13.9. The lowest BCUT2D eigenvalue weighted by Crippen LogP contribution is -2.29. The monoisotopic (exact) mass is 236 g/mol. The van der Waals surface area contributed by atoms with E-state index in [0.29, 0.717) is 0 Å². The summed E-state index contributed by atoms with van der Waals surface area (Å²) in [4.78, 5) is 8.96. The summed E-state index contributed by atoms with van der Waals surface area (Å²) in [7, 11) is 8.23. The molecule has 1 aromatic rings. The summed E-state index contributed by atoms with van der Waals surface area (Å²) in [6.07, 6.45) is 0. The van der Waals surface area contributed by atoms with Crippen molar-refractivity contribution in [3.63, 3.8) is 0 Å². The van der Waals surface area contributed by atoms with E-state index in [2.05, 4.69) is 53.4 Å². The summed E-state index contributed by atoms with van der Waals surface area (Å²) in [6.45, 7) is 4.95. The summed E-state index contributed by atoms with van der Waals surface area (Å²) in [6, 6.07) is 4.28. The Morgan fingerprint density at radius 2 is 1.88 bits per heavy atom. The molecule has 4 heteroatoms. The Morgan fingerprint density at radius 1 is 1.18 bits per heavy atom. The van der Waals surface area contributed by atoms with Gasteiger partial charge in [-0.25, -0.2) is 4.98 Å². The SMILES string of the molecule is CNCc1cc(C)nc(N(C)CCN(C)C)c1. The molecule has 0 radical (unpaired) electrons. The highest BCUT2D eigenvalue weighted by Gasteiger charge is 2.05. The van der Waals surface area contributed by atoms with Crippen LogP contribution in [0.4, 0.5) is 5.82 Å². The minimum absolute atomic E-state index is 0.887. The van der Waals surface area contributed by atoms with Crippen LogP contribution in [0.1, 0.15) is 11.3 Å². The first-order valence-corrected chi connectivity index (χ1v) is 6.01. The first-order chi connectivity index (χ1) is 8.02. The van der Waals surface area contributed by atoms with Crippen molar-refractivity contribution in [3.8, 4) is 0 Å². The molecule has 1 aromatic heterocycles. The second kappa shape index (κ2) is 6.57. The van der Waals surface area contributed by atoms with Crippen molar-refractivity contribution >= 4 is 5.82 Å². The van der Waals surface area contributed by atoms with Crippen LogP contribution < -0.4 is 10.2 Å². The Bertz CT molecular complexity index is 349. The average molecular weight is 236 g/mol. The smallest absolute Gasteiger partial charge is 0.128 e. The molecule has 0 amide bonds. The molecule has 1 N–H and O–H groups in total. The zero-order valence-electron chi connectivity index (χ0n) is 11.6. The third-order valence-corrected chi connectivity index (χ3v) is 2.65. The van der Waals surface area contributed by atoms with Crippen molar-refractivity contribution in [1.29, 1.82) is 0 Å². The second-order valence-electron chi connectivity index (χ2n) is 4.73. The zero-order valence-corrected chi connectivity index (χ0v) is 11.6. The normalized spacial score (nSPS) is 10.9. The standard InChI is InChI=1S/C13H24N4/c1-11-8-12(10-14-2)9-13(15-11)17(5)7-6-16(3)4/h8-9,14H,6-7,10H2,1-5H3. The maximum Gasteiger partial charge on any atom is 0.128 e. The molecule has 4 nitrogen and oxygen atoms in total. The fraction of sp³-hybridized carbons (Fsp3) is 0.615. The minimum Gasteiger partial charge on any atom is -0.358 e. The van der Waals surface area contributed by atoms with Crippen molar-refractivity contribution in [2.24, 2.45) is 0 Å². The van der Waals surface area contributed by atoms with E-state index in [1.54, 1.807) is 0 Å². The highest BCUT2D eigenvalue weighted by molar-refractivity contribution is 5.41. The third-order valence-electron chi connectivity index (χ3n) is 2.65. The number of aryl methyl sites for hydroxylation is 1. The van der Waals surface area contributed by atoms with Gasteiger partial charge in [0.2, 0.25) is 0 Å². The third kappa shape index (κ3) is 4.71. The molecule has 0 unspecified atom stereocenters. The Balaban J connectivity index is 2.74. The average Bonchev–Trinajstić information content (AvgIpc) is 2.25. The van der Waals surface area contributed by atoms with Crippen LogP contribution in [0.25, 0.3) is 0 Å². The van der Waals surface area contributed by atoms with E-state index in [0.717, 1.165) is 31.1 Å². The molecule has 0 aromatic carbocycles. The molecule has 0 aliphatic rings. The molecule has 0 bridgehead atoms. The molecule has 0 aliphatic carbocycles. The Morgan fingerprint density at radius 3 is 2.47 bits per heavy atom. The van der Waals surface area contributed by atoms with Crippen molar-refractivity contribution < 1.29 is 0 Å². The molecule has 17 heavy (non-hydrogen) atoms. The maximum atomic E-state index is 4.57. The predicted octanol–water partition coefficient (Wildman–Crippen LogP) is 1.11. The molecule has 0 atom stereocenters. The van der Waals surface area contributed by atoms with Crippen molar-refractivity contribution in [2.45, 2.75) is 13.5 Å². The fourth-order valence-corrected chi connectivity index (χ4v) is 1.69. The van der Waals surface area contributed by atoms with Gasteiger partial charge in [-0.2, -0.15) is 0 Å². The van der Waals surface area contributed by atoms with Crippen LogP contribution >= 0.6 is 0 Å². The van der Waals surface area contributed by atoms with Gasteiger partial charge in [0.1, 0.15) is 5.82 Å². The highest BCUT2D eigenvalue weighted by atomic mass is 15.2. The molecule has 0 saturated heterocycles. The minimum atomic E-state index is 0.887. The number of likely N-dealkylation sites (N-methyl/N-ethyl adjacent to an activating group) is 2. The number of hydrogen-bond acceptors (Lipinski definition) is 4. The van der Waals surface area contributed by atoms with E-state index in [-0.39, 0.29) is 0 Å². The van der Waals surface area contributed by atoms with Gasteiger partial charge < -0.3 is 15.1 Å². The molecule has 0 aliphatic heterocycles. The van der Waals surface area contributed by atoms with Gasteiger partial charge in [0.05, 0.1) is 0 Å². The lowest BCUT2D eigenvalue weighted by molar-refractivity contribution is 0.416. The van der Waals surface area contributed by atoms with Gasteiger partial charge in [0, 0.05) is 32.4 Å². The van der Waals surface area contributed by atoms with Crippen molar-refractivity contribution in [2.75, 3.05) is 46.2 Å². The predicted molar refractivity (Wildman–Crippen MR) is 73.6 cm³/mol. The van der Waals surface area contributed by atoms with Crippen LogP contribution in [0.3, 0.4) is 0 Å². The van der Waals surface area contributed by atoms with E-state index < -0.39 is 0 Å². The second-order valence-corrected chi connectivity index (χ2v) is 4.73. The van der Waals surface area contributed by atoms with Crippen LogP contribution in [0, 0.1) is 6.92 Å². The molecule has 0 spiro atoms. The molecular weight excluding hydrogens is 212 g/mol. The number of nitrogens with zero attached hydrogens (tertiary/aromatic N) is 3. The number of hydrogen-bond donors (Lipinski definition) is 1. The van der Waals surface area contributed by atoms with Gasteiger partial charge in [-0.3, -0.25) is 0 Å². The van der Waals surface area contributed by atoms with Crippen LogP contribution in [0.2, 0.25) is 0 Å². The number of pyridine rings is 1. The van der Waals surface area contributed by atoms with Crippen LogP contribution in [-0.2, 0) is 6.54 Å². The lowest BCUT2D eigenvalue weighted by atomic mass is 10.2. The summed E-state index contributed by atoms with van der Waals surface area (Å²) < 4.78 is 0. The van der Waals surface area contributed by atoms with E-state index in [1.165, 1.54) is 5.56 Å². The van der Waals surface area contributed by atoms with Crippen LogP contribution in [0.5, 0.6) is 0 Å². The molecule has 0 fully saturated rings. The Kier molecular flexibility index (Phi) is 5.38. The number of aromatic nitrogens is 1. The van der Waals surface area contributed by atoms with Crippen molar-refractivity contribution in [3.05, 3.63) is 23.4 Å². The van der Waals surface area contributed by atoms with E-state index in [1.807, 2.05) is 14.0 Å². The zero-order chi connectivity index (χ0) is 12.8. The molecule has 0 saturated carbocycles. The lowest BCUT2D eigenvalue weighted by Gasteiger charge is -2.21. The number of rotatable bonds is 6. The molecule has 96 valence electrons. The van der Waals surface area contributed by atoms with Gasteiger partial charge >= 0.3 is 0 Å². The Hall–Kier alpha value is -1.13. The molecule has 1 rings (SSSR count). The van der Waals surface area contributed by atoms with Gasteiger partial charge in [-0.05, 0) is 45.8 Å². The van der Waals surface area contributed by atoms with Gasteiger partial charge in [0.25, 0.3) is 0 Å². The first-order valence-electron chi connectivity index (χ1n) is 6.01. The molecular formula is C13H24N4. The fourth-order valence-electron chi connectivity index (χ4n) is 1.69. The number of anilines is 1.